The Hall–Kier alpha value is -8.84. The lowest BCUT2D eigenvalue weighted by atomic mass is 10.2. The predicted octanol–water partition coefficient (Wildman–Crippen LogP) is 8.72. The summed E-state index contributed by atoms with van der Waals surface area (Å²) >= 11 is 0. The number of benzene rings is 2. The van der Waals surface area contributed by atoms with E-state index in [4.69, 9.17) is 9.47 Å². The van der Waals surface area contributed by atoms with Gasteiger partial charge in [0.05, 0.1) is 18.0 Å². The van der Waals surface area contributed by atoms with E-state index in [2.05, 4.69) is 51.6 Å². The number of alkyl halides is 6. The van der Waals surface area contributed by atoms with Gasteiger partial charge in [-0.2, -0.15) is 46.5 Å². The maximum atomic E-state index is 13.3. The van der Waals surface area contributed by atoms with Gasteiger partial charge in [0.2, 0.25) is 23.7 Å². The first-order chi connectivity index (χ1) is 34.4. The SMILES string of the molecule is CCn1cc(C(=O)Nc2cccc(Oc3ccc4nc(NC(=O)C5CC5)nn4c3)c2)c(C(F)(F)F)n1.CCn1cc(C(F)(F)F)c(C(=O)Nc2cccc(Oc3ccc4nc(NC(=O)C5CC5)nn4c3)c2)n1. The predicted molar refractivity (Wildman–Crippen MR) is 243 cm³/mol. The maximum absolute atomic E-state index is 13.3. The van der Waals surface area contributed by atoms with Crippen molar-refractivity contribution in [1.29, 1.82) is 0 Å². The number of aryl methyl sites for hydroxylation is 2. The summed E-state index contributed by atoms with van der Waals surface area (Å²) in [5.41, 5.74) is -2.17. The monoisotopic (exact) mass is 998 g/mol. The van der Waals surface area contributed by atoms with Crippen molar-refractivity contribution in [3.05, 3.63) is 120 Å². The first kappa shape index (κ1) is 48.2. The van der Waals surface area contributed by atoms with E-state index in [1.165, 1.54) is 33.3 Å². The van der Waals surface area contributed by atoms with E-state index < -0.39 is 46.7 Å². The van der Waals surface area contributed by atoms with Crippen LogP contribution in [-0.2, 0) is 35.0 Å². The number of rotatable bonds is 14. The van der Waals surface area contributed by atoms with Gasteiger partial charge in [-0.05, 0) is 88.1 Å². The molecule has 372 valence electrons. The van der Waals surface area contributed by atoms with Crippen molar-refractivity contribution >= 4 is 58.2 Å². The lowest BCUT2D eigenvalue weighted by molar-refractivity contribution is -0.142. The fourth-order valence-corrected chi connectivity index (χ4v) is 6.92. The lowest BCUT2D eigenvalue weighted by Crippen LogP contribution is -2.18. The van der Waals surface area contributed by atoms with Gasteiger partial charge in [-0.25, -0.2) is 9.03 Å². The zero-order valence-corrected chi connectivity index (χ0v) is 37.8. The molecule has 4 amide bonds. The van der Waals surface area contributed by atoms with Gasteiger partial charge in [-0.3, -0.25) is 39.2 Å². The Labute approximate surface area is 402 Å². The molecule has 2 aliphatic rings. The third-order valence-electron chi connectivity index (χ3n) is 10.8. The molecule has 72 heavy (non-hydrogen) atoms. The fraction of sp³-hybridized carbons (Fsp3) is 0.261. The average Bonchev–Trinajstić information content (AvgIpc) is 4.18. The zero-order chi connectivity index (χ0) is 50.9. The van der Waals surface area contributed by atoms with Gasteiger partial charge in [0.15, 0.2) is 22.7 Å². The number of halogens is 6. The molecule has 2 aromatic carbocycles. The molecular weight excluding hydrogens is 959 g/mol. The number of anilines is 4. The molecule has 0 radical (unpaired) electrons. The molecule has 8 aromatic rings. The number of amides is 4. The summed E-state index contributed by atoms with van der Waals surface area (Å²) in [6.45, 7) is 3.61. The Kier molecular flexibility index (Phi) is 13.1. The molecule has 2 fully saturated rings. The van der Waals surface area contributed by atoms with Crippen molar-refractivity contribution in [2.24, 2.45) is 11.8 Å². The van der Waals surface area contributed by atoms with Gasteiger partial charge in [0, 0.05) is 60.8 Å². The zero-order valence-electron chi connectivity index (χ0n) is 37.8. The summed E-state index contributed by atoms with van der Waals surface area (Å²) < 4.78 is 96.6. The summed E-state index contributed by atoms with van der Waals surface area (Å²) in [5.74, 6) is -0.292. The van der Waals surface area contributed by atoms with Crippen LogP contribution in [0.3, 0.4) is 0 Å². The molecule has 2 saturated carbocycles. The fourth-order valence-electron chi connectivity index (χ4n) is 6.92. The van der Waals surface area contributed by atoms with Crippen LogP contribution in [0.15, 0.2) is 97.6 Å². The molecule has 6 aromatic heterocycles. The summed E-state index contributed by atoms with van der Waals surface area (Å²) in [6, 6.07) is 19.0. The van der Waals surface area contributed by atoms with E-state index in [0.717, 1.165) is 47.4 Å². The number of fused-ring (bicyclic) bond motifs is 2. The number of nitrogens with one attached hydrogen (secondary N) is 4. The summed E-state index contributed by atoms with van der Waals surface area (Å²) in [4.78, 5) is 57.5. The van der Waals surface area contributed by atoms with Crippen LogP contribution in [0.4, 0.5) is 49.6 Å². The minimum atomic E-state index is -4.77. The molecule has 0 aliphatic heterocycles. The Morgan fingerprint density at radius 1 is 0.569 bits per heavy atom. The minimum Gasteiger partial charge on any atom is -0.456 e. The Bertz CT molecular complexity index is 3130. The van der Waals surface area contributed by atoms with Crippen LogP contribution in [0, 0.1) is 11.8 Å². The van der Waals surface area contributed by atoms with E-state index in [-0.39, 0.29) is 60.0 Å². The smallest absolute Gasteiger partial charge is 0.435 e. The van der Waals surface area contributed by atoms with Crippen LogP contribution in [0.25, 0.3) is 11.3 Å². The Balaban J connectivity index is 0.000000178. The lowest BCUT2D eigenvalue weighted by Gasteiger charge is -2.10. The molecule has 0 saturated heterocycles. The average molecular weight is 999 g/mol. The molecule has 6 heterocycles. The number of carbonyl (C=O) groups excluding carboxylic acids is 4. The number of hydrogen-bond acceptors (Lipinski definition) is 12. The van der Waals surface area contributed by atoms with E-state index >= 15 is 0 Å². The molecule has 0 spiro atoms. The van der Waals surface area contributed by atoms with Crippen LogP contribution in [0.5, 0.6) is 23.0 Å². The van der Waals surface area contributed by atoms with Crippen molar-refractivity contribution in [1.82, 2.24) is 48.8 Å². The second-order valence-corrected chi connectivity index (χ2v) is 16.4. The highest BCUT2D eigenvalue weighted by Gasteiger charge is 2.40. The molecule has 2 aliphatic carbocycles. The molecule has 0 bridgehead atoms. The van der Waals surface area contributed by atoms with E-state index in [9.17, 15) is 45.5 Å². The summed E-state index contributed by atoms with van der Waals surface area (Å²) in [6.07, 6.45) is -1.03. The Morgan fingerprint density at radius 3 is 1.51 bits per heavy atom. The van der Waals surface area contributed by atoms with Crippen molar-refractivity contribution in [2.45, 2.75) is 65.0 Å². The van der Waals surface area contributed by atoms with Crippen molar-refractivity contribution < 1.29 is 55.0 Å². The van der Waals surface area contributed by atoms with Crippen LogP contribution in [-0.4, -0.2) is 72.4 Å². The van der Waals surface area contributed by atoms with Crippen LogP contribution < -0.4 is 30.7 Å². The van der Waals surface area contributed by atoms with Gasteiger partial charge >= 0.3 is 12.4 Å². The largest absolute Gasteiger partial charge is 0.456 e. The number of carbonyl (C=O) groups is 4. The number of aromatic nitrogens is 10. The maximum Gasteiger partial charge on any atom is 0.435 e. The first-order valence-corrected chi connectivity index (χ1v) is 22.2. The highest BCUT2D eigenvalue weighted by molar-refractivity contribution is 6.05. The molecule has 0 atom stereocenters. The molecule has 10 rings (SSSR count). The third kappa shape index (κ3) is 11.4. The topological polar surface area (TPSA) is 231 Å². The highest BCUT2D eigenvalue weighted by atomic mass is 19.4. The molecule has 4 N–H and O–H groups in total. The van der Waals surface area contributed by atoms with Crippen LogP contribution >= 0.6 is 0 Å². The van der Waals surface area contributed by atoms with E-state index in [1.807, 2.05) is 0 Å². The minimum absolute atomic E-state index is 0.0191. The van der Waals surface area contributed by atoms with Gasteiger partial charge < -0.3 is 20.1 Å². The van der Waals surface area contributed by atoms with Gasteiger partial charge in [-0.1, -0.05) is 12.1 Å². The van der Waals surface area contributed by atoms with Crippen molar-refractivity contribution in [3.63, 3.8) is 0 Å². The number of nitrogens with zero attached hydrogens (tertiary/aromatic N) is 10. The van der Waals surface area contributed by atoms with E-state index in [1.54, 1.807) is 74.8 Å². The molecule has 20 nitrogen and oxygen atoms in total. The molecular formula is C46H40F6N14O6. The van der Waals surface area contributed by atoms with Crippen LogP contribution in [0.1, 0.15) is 71.6 Å². The standard InChI is InChI=1S/2C23H20F3N7O3/c1-2-32-12-17(23(24,25)26)19(30-32)21(35)27-14-4-3-5-15(10-14)36-16-8-9-18-28-22(31-33(18)11-16)29-20(34)13-6-7-13;1-2-32-12-17(19(30-32)23(24,25)26)21(35)27-14-4-3-5-15(10-14)36-16-8-9-18-28-22(31-33(18)11-16)29-20(34)13-6-7-13/h2*3-5,8-13H,2,6-7H2,1H3,(H,27,35)(H,29,31,34). The van der Waals surface area contributed by atoms with Crippen molar-refractivity contribution in [3.8, 4) is 23.0 Å². The van der Waals surface area contributed by atoms with Crippen LogP contribution in [0.2, 0.25) is 0 Å². The second kappa shape index (κ2) is 19.5. The quantitative estimate of drug-likeness (QED) is 0.0750. The number of ether oxygens (including phenoxy) is 2. The first-order valence-electron chi connectivity index (χ1n) is 22.2. The summed E-state index contributed by atoms with van der Waals surface area (Å²) in [5, 5.41) is 25.9. The highest BCUT2D eigenvalue weighted by Crippen LogP contribution is 2.35. The van der Waals surface area contributed by atoms with Gasteiger partial charge in [0.1, 0.15) is 28.6 Å². The molecule has 0 unspecified atom stereocenters. The van der Waals surface area contributed by atoms with E-state index in [0.29, 0.717) is 34.3 Å². The normalized spacial score (nSPS) is 13.6. The number of hydrogen-bond donors (Lipinski definition) is 4. The third-order valence-corrected chi connectivity index (χ3v) is 10.8. The van der Waals surface area contributed by atoms with Gasteiger partial charge in [0.25, 0.3) is 11.8 Å². The second-order valence-electron chi connectivity index (χ2n) is 16.4. The van der Waals surface area contributed by atoms with Crippen molar-refractivity contribution in [2.75, 3.05) is 21.3 Å². The molecule has 26 heteroatoms. The summed E-state index contributed by atoms with van der Waals surface area (Å²) in [7, 11) is 0. The number of pyridine rings is 2. The Morgan fingerprint density at radius 2 is 1.06 bits per heavy atom. The van der Waals surface area contributed by atoms with Gasteiger partial charge in [-0.15, -0.1) is 10.2 Å².